The molecule has 0 radical (unpaired) electrons. The highest BCUT2D eigenvalue weighted by Gasteiger charge is 2.33. The van der Waals surface area contributed by atoms with Crippen LogP contribution in [-0.2, 0) is 18.3 Å². The smallest absolute Gasteiger partial charge is 0.131 e. The Kier molecular flexibility index (Phi) is 3.97. The molecule has 1 unspecified atom stereocenters. The third-order valence-electron chi connectivity index (χ3n) is 4.91. The van der Waals surface area contributed by atoms with E-state index in [9.17, 15) is 0 Å². The van der Waals surface area contributed by atoms with E-state index in [1.165, 1.54) is 30.6 Å². The van der Waals surface area contributed by atoms with E-state index in [2.05, 4.69) is 36.2 Å². The predicted octanol–water partition coefficient (Wildman–Crippen LogP) is 1.99. The number of anilines is 1. The quantitative estimate of drug-likeness (QED) is 0.901. The van der Waals surface area contributed by atoms with Crippen molar-refractivity contribution in [2.45, 2.75) is 57.7 Å². The maximum atomic E-state index is 5.74. The maximum absolute atomic E-state index is 5.74. The largest absolute Gasteiger partial charge is 0.377 e. The molecule has 0 amide bonds. The molecule has 2 fully saturated rings. The monoisotopic (exact) mass is 292 g/mol. The van der Waals surface area contributed by atoms with E-state index >= 15 is 0 Å². The highest BCUT2D eigenvalue weighted by Crippen LogP contribution is 2.31. The summed E-state index contributed by atoms with van der Waals surface area (Å²) in [5, 5.41) is 8.28. The van der Waals surface area contributed by atoms with Gasteiger partial charge in [0, 0.05) is 45.4 Å². The van der Waals surface area contributed by atoms with Gasteiger partial charge in [-0.15, -0.1) is 0 Å². The minimum atomic E-state index is -0.0440. The molecule has 1 aliphatic heterocycles. The summed E-state index contributed by atoms with van der Waals surface area (Å²) in [5.74, 6) is 1.27. The van der Waals surface area contributed by atoms with Crippen molar-refractivity contribution in [2.24, 2.45) is 7.05 Å². The Labute approximate surface area is 127 Å². The van der Waals surface area contributed by atoms with Crippen LogP contribution in [0.5, 0.6) is 0 Å². The van der Waals surface area contributed by atoms with Gasteiger partial charge in [0.05, 0.1) is 11.3 Å². The van der Waals surface area contributed by atoms with Gasteiger partial charge >= 0.3 is 0 Å². The zero-order chi connectivity index (χ0) is 15.0. The van der Waals surface area contributed by atoms with Gasteiger partial charge < -0.3 is 15.0 Å². The molecule has 1 saturated heterocycles. The summed E-state index contributed by atoms with van der Waals surface area (Å²) in [6, 6.07) is 0.725. The number of piperidine rings is 1. The van der Waals surface area contributed by atoms with Crippen molar-refractivity contribution in [1.29, 1.82) is 0 Å². The molecule has 2 aliphatic rings. The van der Waals surface area contributed by atoms with Gasteiger partial charge in [0.25, 0.3) is 0 Å². The molecule has 1 aliphatic carbocycles. The van der Waals surface area contributed by atoms with Crippen LogP contribution in [0.4, 0.5) is 5.82 Å². The molecule has 1 atom stereocenters. The highest BCUT2D eigenvalue weighted by molar-refractivity contribution is 5.51. The molecule has 1 N–H and O–H groups in total. The molecule has 5 nitrogen and oxygen atoms in total. The van der Waals surface area contributed by atoms with Gasteiger partial charge in [-0.3, -0.25) is 4.68 Å². The van der Waals surface area contributed by atoms with Crippen LogP contribution in [0.2, 0.25) is 0 Å². The molecule has 21 heavy (non-hydrogen) atoms. The Bertz CT molecular complexity index is 509. The topological polar surface area (TPSA) is 42.3 Å². The standard InChI is InChI=1S/C16H28N4O/c1-12-14(10-17-13-6-7-13)15(19(3)18-12)20-9-5-8-16(2,11-20)21-4/h13,17H,5-11H2,1-4H3. The lowest BCUT2D eigenvalue weighted by atomic mass is 9.94. The van der Waals surface area contributed by atoms with E-state index in [1.807, 2.05) is 11.8 Å². The molecular formula is C16H28N4O. The average molecular weight is 292 g/mol. The Hall–Kier alpha value is -1.07. The van der Waals surface area contributed by atoms with Crippen LogP contribution < -0.4 is 10.2 Å². The predicted molar refractivity (Wildman–Crippen MR) is 84.7 cm³/mol. The third-order valence-corrected chi connectivity index (χ3v) is 4.91. The Balaban J connectivity index is 1.82. The van der Waals surface area contributed by atoms with Crippen LogP contribution >= 0.6 is 0 Å². The Morgan fingerprint density at radius 3 is 2.86 bits per heavy atom. The number of nitrogens with zero attached hydrogens (tertiary/aromatic N) is 3. The second-order valence-electron chi connectivity index (χ2n) is 6.85. The van der Waals surface area contributed by atoms with E-state index < -0.39 is 0 Å². The van der Waals surface area contributed by atoms with Crippen molar-refractivity contribution < 1.29 is 4.74 Å². The van der Waals surface area contributed by atoms with Crippen molar-refractivity contribution in [3.8, 4) is 0 Å². The molecule has 0 spiro atoms. The molecule has 5 heteroatoms. The molecule has 0 aromatic carbocycles. The fourth-order valence-corrected chi connectivity index (χ4v) is 3.38. The van der Waals surface area contributed by atoms with Crippen molar-refractivity contribution in [3.63, 3.8) is 0 Å². The van der Waals surface area contributed by atoms with Crippen molar-refractivity contribution in [2.75, 3.05) is 25.1 Å². The van der Waals surface area contributed by atoms with Crippen LogP contribution in [0, 0.1) is 6.92 Å². The second kappa shape index (κ2) is 5.61. The van der Waals surface area contributed by atoms with Gasteiger partial charge in [0.15, 0.2) is 0 Å². The number of methoxy groups -OCH3 is 1. The van der Waals surface area contributed by atoms with Gasteiger partial charge in [0.1, 0.15) is 5.82 Å². The van der Waals surface area contributed by atoms with Crippen molar-refractivity contribution in [1.82, 2.24) is 15.1 Å². The lowest BCUT2D eigenvalue weighted by Gasteiger charge is -2.40. The minimum absolute atomic E-state index is 0.0440. The summed E-state index contributed by atoms with van der Waals surface area (Å²) in [6.45, 7) is 7.30. The van der Waals surface area contributed by atoms with E-state index in [4.69, 9.17) is 4.74 Å². The summed E-state index contributed by atoms with van der Waals surface area (Å²) in [5.41, 5.74) is 2.45. The number of nitrogens with one attached hydrogen (secondary N) is 1. The molecule has 0 bridgehead atoms. The average Bonchev–Trinajstić information content (AvgIpc) is 3.22. The lowest BCUT2D eigenvalue weighted by Crippen LogP contribution is -2.48. The molecular weight excluding hydrogens is 264 g/mol. The van der Waals surface area contributed by atoms with Crippen LogP contribution in [-0.4, -0.2) is 41.6 Å². The Morgan fingerprint density at radius 1 is 1.43 bits per heavy atom. The van der Waals surface area contributed by atoms with E-state index in [1.54, 1.807) is 0 Å². The van der Waals surface area contributed by atoms with Gasteiger partial charge in [-0.2, -0.15) is 5.10 Å². The number of rotatable bonds is 5. The fourth-order valence-electron chi connectivity index (χ4n) is 3.38. The SMILES string of the molecule is COC1(C)CCCN(c2c(CNC3CC3)c(C)nn2C)C1. The van der Waals surface area contributed by atoms with Crippen molar-refractivity contribution >= 4 is 5.82 Å². The number of aromatic nitrogens is 2. The van der Waals surface area contributed by atoms with Crippen LogP contribution in [0.3, 0.4) is 0 Å². The molecule has 1 aromatic rings. The number of hydrogen-bond acceptors (Lipinski definition) is 4. The highest BCUT2D eigenvalue weighted by atomic mass is 16.5. The molecule has 1 aromatic heterocycles. The third kappa shape index (κ3) is 3.09. The first-order valence-electron chi connectivity index (χ1n) is 8.08. The van der Waals surface area contributed by atoms with Gasteiger partial charge in [-0.25, -0.2) is 0 Å². The summed E-state index contributed by atoms with van der Waals surface area (Å²) in [4.78, 5) is 2.46. The fraction of sp³-hybridized carbons (Fsp3) is 0.812. The van der Waals surface area contributed by atoms with E-state index in [0.29, 0.717) is 0 Å². The van der Waals surface area contributed by atoms with Gasteiger partial charge in [-0.05, 0) is 39.5 Å². The maximum Gasteiger partial charge on any atom is 0.131 e. The molecule has 3 rings (SSSR count). The summed E-state index contributed by atoms with van der Waals surface area (Å²) in [6.07, 6.45) is 4.94. The first-order chi connectivity index (χ1) is 10.0. The van der Waals surface area contributed by atoms with Crippen LogP contribution in [0.1, 0.15) is 43.9 Å². The van der Waals surface area contributed by atoms with Crippen LogP contribution in [0.15, 0.2) is 0 Å². The Morgan fingerprint density at radius 2 is 2.19 bits per heavy atom. The number of hydrogen-bond donors (Lipinski definition) is 1. The zero-order valence-electron chi connectivity index (χ0n) is 13.8. The van der Waals surface area contributed by atoms with Gasteiger partial charge in [0.2, 0.25) is 0 Å². The van der Waals surface area contributed by atoms with Crippen molar-refractivity contribution in [3.05, 3.63) is 11.3 Å². The van der Waals surface area contributed by atoms with Crippen LogP contribution in [0.25, 0.3) is 0 Å². The molecule has 118 valence electrons. The zero-order valence-corrected chi connectivity index (χ0v) is 13.8. The molecule has 2 heterocycles. The minimum Gasteiger partial charge on any atom is -0.377 e. The lowest BCUT2D eigenvalue weighted by molar-refractivity contribution is -0.00497. The second-order valence-corrected chi connectivity index (χ2v) is 6.85. The summed E-state index contributed by atoms with van der Waals surface area (Å²) < 4.78 is 7.78. The first-order valence-corrected chi connectivity index (χ1v) is 8.08. The number of ether oxygens (including phenoxy) is 1. The summed E-state index contributed by atoms with van der Waals surface area (Å²) >= 11 is 0. The van der Waals surface area contributed by atoms with Gasteiger partial charge in [-0.1, -0.05) is 0 Å². The normalized spacial score (nSPS) is 26.4. The number of aryl methyl sites for hydroxylation is 2. The first kappa shape index (κ1) is 14.9. The molecule has 1 saturated carbocycles. The van der Waals surface area contributed by atoms with E-state index in [0.717, 1.165) is 37.8 Å². The van der Waals surface area contributed by atoms with E-state index in [-0.39, 0.29) is 5.60 Å². The summed E-state index contributed by atoms with van der Waals surface area (Å²) in [7, 11) is 3.88.